The summed E-state index contributed by atoms with van der Waals surface area (Å²) in [7, 11) is 0. The number of pyridine rings is 1. The van der Waals surface area contributed by atoms with Crippen molar-refractivity contribution in [2.75, 3.05) is 11.9 Å². The highest BCUT2D eigenvalue weighted by molar-refractivity contribution is 6.05. The molecule has 0 unspecified atom stereocenters. The fourth-order valence-electron chi connectivity index (χ4n) is 2.24. The molecule has 0 atom stereocenters. The largest absolute Gasteiger partial charge is 0.494 e. The van der Waals surface area contributed by atoms with Crippen LogP contribution >= 0.6 is 0 Å². The minimum atomic E-state index is -4.61. The van der Waals surface area contributed by atoms with Gasteiger partial charge in [0.2, 0.25) is 0 Å². The molecule has 2 rings (SSSR count). The Morgan fingerprint density at radius 3 is 2.62 bits per heavy atom. The van der Waals surface area contributed by atoms with Gasteiger partial charge in [-0.15, -0.1) is 0 Å². The maximum atomic E-state index is 13.3. The molecule has 0 spiro atoms. The molecule has 1 N–H and O–H groups in total. The average molecular weight is 338 g/mol. The zero-order chi connectivity index (χ0) is 17.7. The van der Waals surface area contributed by atoms with Crippen LogP contribution in [0.2, 0.25) is 0 Å². The summed E-state index contributed by atoms with van der Waals surface area (Å²) in [5.41, 5.74) is -0.298. The number of ether oxygens (including phenoxy) is 1. The molecule has 0 aliphatic rings. The lowest BCUT2D eigenvalue weighted by molar-refractivity contribution is -0.137. The number of amides is 1. The van der Waals surface area contributed by atoms with E-state index in [9.17, 15) is 18.0 Å². The maximum Gasteiger partial charge on any atom is 0.418 e. The first-order valence-electron chi connectivity index (χ1n) is 7.45. The molecule has 1 heterocycles. The number of benzene rings is 1. The summed E-state index contributed by atoms with van der Waals surface area (Å²) in [6.07, 6.45) is -1.11. The van der Waals surface area contributed by atoms with Gasteiger partial charge in [0.05, 0.1) is 17.9 Å². The zero-order valence-electron chi connectivity index (χ0n) is 13.3. The first-order chi connectivity index (χ1) is 11.4. The lowest BCUT2D eigenvalue weighted by Gasteiger charge is -2.16. The van der Waals surface area contributed by atoms with Gasteiger partial charge in [0, 0.05) is 18.0 Å². The van der Waals surface area contributed by atoms with Gasteiger partial charge in [0.1, 0.15) is 5.75 Å². The van der Waals surface area contributed by atoms with Gasteiger partial charge < -0.3 is 10.1 Å². The molecule has 0 bridgehead atoms. The van der Waals surface area contributed by atoms with Crippen molar-refractivity contribution in [1.82, 2.24) is 4.98 Å². The topological polar surface area (TPSA) is 51.2 Å². The van der Waals surface area contributed by atoms with Gasteiger partial charge in [-0.25, -0.2) is 0 Å². The fraction of sp³-hybridized carbons (Fsp3) is 0.294. The van der Waals surface area contributed by atoms with Crippen molar-refractivity contribution in [1.29, 1.82) is 0 Å². The zero-order valence-corrected chi connectivity index (χ0v) is 13.3. The Balaban J connectivity index is 2.36. The third-order valence-corrected chi connectivity index (χ3v) is 3.38. The molecule has 1 aromatic carbocycles. The van der Waals surface area contributed by atoms with Crippen molar-refractivity contribution in [3.8, 4) is 5.75 Å². The molecule has 0 saturated heterocycles. The van der Waals surface area contributed by atoms with Gasteiger partial charge in [-0.3, -0.25) is 9.78 Å². The summed E-state index contributed by atoms with van der Waals surface area (Å²) in [6.45, 7) is 3.77. The molecule has 0 saturated carbocycles. The minimum absolute atomic E-state index is 0.0981. The molecular formula is C17H17F3N2O2. The quantitative estimate of drug-likeness (QED) is 0.884. The fourth-order valence-corrected chi connectivity index (χ4v) is 2.24. The first kappa shape index (κ1) is 17.8. The molecule has 0 fully saturated rings. The normalized spacial score (nSPS) is 11.2. The molecule has 1 amide bonds. The smallest absolute Gasteiger partial charge is 0.418 e. The van der Waals surface area contributed by atoms with E-state index in [-0.39, 0.29) is 18.0 Å². The number of halogens is 3. The van der Waals surface area contributed by atoms with E-state index in [2.05, 4.69) is 10.3 Å². The first-order valence-corrected chi connectivity index (χ1v) is 7.45. The second-order valence-corrected chi connectivity index (χ2v) is 4.98. The lowest BCUT2D eigenvalue weighted by atomic mass is 10.1. The summed E-state index contributed by atoms with van der Waals surface area (Å²) in [5, 5.41) is 2.34. The lowest BCUT2D eigenvalue weighted by Crippen LogP contribution is -2.18. The van der Waals surface area contributed by atoms with Crippen molar-refractivity contribution in [3.05, 3.63) is 53.3 Å². The molecule has 128 valence electrons. The van der Waals surface area contributed by atoms with Crippen molar-refractivity contribution < 1.29 is 22.7 Å². The highest BCUT2D eigenvalue weighted by Gasteiger charge is 2.34. The molecule has 0 aliphatic carbocycles. The van der Waals surface area contributed by atoms with E-state index in [0.29, 0.717) is 17.5 Å². The van der Waals surface area contributed by atoms with Crippen LogP contribution in [0.5, 0.6) is 5.75 Å². The molecule has 7 heteroatoms. The van der Waals surface area contributed by atoms with Crippen molar-refractivity contribution in [3.63, 3.8) is 0 Å². The third kappa shape index (κ3) is 4.04. The van der Waals surface area contributed by atoms with Crippen LogP contribution in [0.3, 0.4) is 0 Å². The van der Waals surface area contributed by atoms with Crippen LogP contribution in [0, 0.1) is 0 Å². The number of hydrogen-bond donors (Lipinski definition) is 1. The van der Waals surface area contributed by atoms with E-state index < -0.39 is 17.6 Å². The Labute approximate surface area is 137 Å². The molecule has 0 aliphatic heterocycles. The summed E-state index contributed by atoms with van der Waals surface area (Å²) in [4.78, 5) is 16.3. The summed E-state index contributed by atoms with van der Waals surface area (Å²) in [6, 6.07) is 4.95. The van der Waals surface area contributed by atoms with E-state index in [0.717, 1.165) is 6.07 Å². The van der Waals surface area contributed by atoms with Crippen LogP contribution in [0.1, 0.15) is 35.3 Å². The van der Waals surface area contributed by atoms with Crippen molar-refractivity contribution in [2.24, 2.45) is 0 Å². The number of rotatable bonds is 5. The molecular weight excluding hydrogens is 321 g/mol. The van der Waals surface area contributed by atoms with Gasteiger partial charge in [0.15, 0.2) is 0 Å². The minimum Gasteiger partial charge on any atom is -0.494 e. The number of aromatic nitrogens is 1. The number of carbonyl (C=O) groups is 1. The number of alkyl halides is 3. The molecule has 1 aromatic heterocycles. The standard InChI is InChI=1S/C17H17F3N2O2/c1-3-11-10-21-8-7-13(11)16(23)22-15-6-5-12(24-4-2)9-14(15)17(18,19)20/h5-10H,3-4H2,1-2H3,(H,22,23). The van der Waals surface area contributed by atoms with Crippen LogP contribution in [0.15, 0.2) is 36.7 Å². The van der Waals surface area contributed by atoms with Crippen LogP contribution in [0.4, 0.5) is 18.9 Å². The van der Waals surface area contributed by atoms with Gasteiger partial charge in [0.25, 0.3) is 5.91 Å². The highest BCUT2D eigenvalue weighted by atomic mass is 19.4. The Bertz CT molecular complexity index is 730. The Hall–Kier alpha value is -2.57. The van der Waals surface area contributed by atoms with Crippen molar-refractivity contribution >= 4 is 11.6 Å². The number of carbonyl (C=O) groups excluding carboxylic acids is 1. The van der Waals surface area contributed by atoms with Gasteiger partial charge in [-0.1, -0.05) is 6.92 Å². The van der Waals surface area contributed by atoms with Crippen molar-refractivity contribution in [2.45, 2.75) is 26.4 Å². The predicted octanol–water partition coefficient (Wildman–Crippen LogP) is 4.31. The third-order valence-electron chi connectivity index (χ3n) is 3.38. The van der Waals surface area contributed by atoms with Gasteiger partial charge >= 0.3 is 6.18 Å². The number of anilines is 1. The number of aryl methyl sites for hydroxylation is 1. The van der Waals surface area contributed by atoms with E-state index in [4.69, 9.17) is 4.74 Å². The summed E-state index contributed by atoms with van der Waals surface area (Å²) < 4.78 is 44.9. The number of nitrogens with one attached hydrogen (secondary N) is 1. The maximum absolute atomic E-state index is 13.3. The molecule has 4 nitrogen and oxygen atoms in total. The average Bonchev–Trinajstić information content (AvgIpc) is 2.55. The van der Waals surface area contributed by atoms with Crippen LogP contribution in [0.25, 0.3) is 0 Å². The molecule has 2 aromatic rings. The Kier molecular flexibility index (Phi) is 5.43. The van der Waals surface area contributed by atoms with E-state index in [1.807, 2.05) is 6.92 Å². The SMILES string of the molecule is CCOc1ccc(NC(=O)c2ccncc2CC)c(C(F)(F)F)c1. The second kappa shape index (κ2) is 7.33. The van der Waals surface area contributed by atoms with Crippen LogP contribution < -0.4 is 10.1 Å². The number of hydrogen-bond acceptors (Lipinski definition) is 3. The molecule has 0 radical (unpaired) electrons. The molecule has 24 heavy (non-hydrogen) atoms. The second-order valence-electron chi connectivity index (χ2n) is 4.98. The van der Waals surface area contributed by atoms with E-state index in [1.54, 1.807) is 6.92 Å². The Morgan fingerprint density at radius 2 is 2.00 bits per heavy atom. The van der Waals surface area contributed by atoms with Gasteiger partial charge in [-0.2, -0.15) is 13.2 Å². The van der Waals surface area contributed by atoms with Gasteiger partial charge in [-0.05, 0) is 43.2 Å². The summed E-state index contributed by atoms with van der Waals surface area (Å²) >= 11 is 0. The Morgan fingerprint density at radius 1 is 1.25 bits per heavy atom. The predicted molar refractivity (Wildman–Crippen MR) is 84.2 cm³/mol. The highest BCUT2D eigenvalue weighted by Crippen LogP contribution is 2.37. The monoisotopic (exact) mass is 338 g/mol. The van der Waals surface area contributed by atoms with E-state index in [1.165, 1.54) is 30.6 Å². The number of nitrogens with zero attached hydrogens (tertiary/aromatic N) is 1. The van der Waals surface area contributed by atoms with E-state index >= 15 is 0 Å². The summed E-state index contributed by atoms with van der Waals surface area (Å²) in [5.74, 6) is -0.509. The van der Waals surface area contributed by atoms with Crippen LogP contribution in [-0.2, 0) is 12.6 Å². The van der Waals surface area contributed by atoms with Crippen LogP contribution in [-0.4, -0.2) is 17.5 Å².